The number of nitrogens with zero attached hydrogens (tertiary/aromatic N) is 6. The topological polar surface area (TPSA) is 170 Å². The first-order chi connectivity index (χ1) is 21.9. The minimum Gasteiger partial charge on any atom is -0.475 e. The van der Waals surface area contributed by atoms with E-state index in [4.69, 9.17) is 19.3 Å². The molecule has 3 N–H and O–H groups in total. The molecular weight excluding hydrogens is 613 g/mol. The summed E-state index contributed by atoms with van der Waals surface area (Å²) in [5, 5.41) is 13.6. The molecule has 244 valence electrons. The predicted octanol–water partition coefficient (Wildman–Crippen LogP) is 0.648. The highest BCUT2D eigenvalue weighted by Crippen LogP contribution is 2.33. The predicted molar refractivity (Wildman–Crippen MR) is 156 cm³/mol. The number of nitrogens with one attached hydrogen (secondary N) is 2. The van der Waals surface area contributed by atoms with Gasteiger partial charge in [0.2, 0.25) is 17.7 Å². The second-order valence-electron chi connectivity index (χ2n) is 11.5. The summed E-state index contributed by atoms with van der Waals surface area (Å²) in [6, 6.07) is 8.29. The van der Waals surface area contributed by atoms with E-state index in [9.17, 15) is 27.6 Å². The van der Waals surface area contributed by atoms with Gasteiger partial charge in [-0.3, -0.25) is 18.7 Å². The van der Waals surface area contributed by atoms with Gasteiger partial charge in [-0.05, 0) is 36.3 Å². The van der Waals surface area contributed by atoms with Crippen molar-refractivity contribution in [3.05, 3.63) is 74.6 Å². The van der Waals surface area contributed by atoms with Gasteiger partial charge in [-0.25, -0.2) is 19.1 Å². The number of amides is 1. The van der Waals surface area contributed by atoms with Crippen molar-refractivity contribution in [2.24, 2.45) is 13.0 Å². The maximum atomic E-state index is 13.9. The van der Waals surface area contributed by atoms with Gasteiger partial charge in [0.1, 0.15) is 19.4 Å². The van der Waals surface area contributed by atoms with Gasteiger partial charge in [-0.2, -0.15) is 18.2 Å². The zero-order chi connectivity index (χ0) is 32.7. The SMILES string of the molecule is Cn1c(=O)n(CC(=O)NC2Cc3ccccc3C2)c(=O)c2c1nc(N1CCC3CNCC31)n2Cc1ncco1.O=C(O)C(F)(F)F. The maximum Gasteiger partial charge on any atom is 0.490 e. The normalized spacial score (nSPS) is 19.2. The molecule has 17 heteroatoms. The number of rotatable bonds is 6. The Morgan fingerprint density at radius 3 is 2.46 bits per heavy atom. The number of fused-ring (bicyclic) bond motifs is 3. The molecule has 2 atom stereocenters. The lowest BCUT2D eigenvalue weighted by atomic mass is 10.1. The summed E-state index contributed by atoms with van der Waals surface area (Å²) in [6.07, 6.45) is 0.440. The minimum absolute atomic E-state index is 0.0662. The van der Waals surface area contributed by atoms with Crippen LogP contribution in [0.25, 0.3) is 11.2 Å². The molecule has 0 radical (unpaired) electrons. The van der Waals surface area contributed by atoms with Crippen molar-refractivity contribution in [1.29, 1.82) is 0 Å². The Labute approximate surface area is 258 Å². The number of halogens is 3. The van der Waals surface area contributed by atoms with E-state index < -0.39 is 23.4 Å². The van der Waals surface area contributed by atoms with Gasteiger partial charge >= 0.3 is 17.8 Å². The van der Waals surface area contributed by atoms with E-state index in [0.29, 0.717) is 17.8 Å². The molecule has 2 saturated heterocycles. The summed E-state index contributed by atoms with van der Waals surface area (Å²) < 4.78 is 41.4. The monoisotopic (exact) mass is 644 g/mol. The molecule has 46 heavy (non-hydrogen) atoms. The number of carbonyl (C=O) groups excluding carboxylic acids is 1. The number of carboxylic acid groups (broad SMARTS) is 1. The van der Waals surface area contributed by atoms with Gasteiger partial charge in [0, 0.05) is 38.8 Å². The molecule has 2 fully saturated rings. The number of carboxylic acids is 1. The first-order valence-electron chi connectivity index (χ1n) is 14.6. The summed E-state index contributed by atoms with van der Waals surface area (Å²) in [7, 11) is 1.59. The third kappa shape index (κ3) is 5.89. The van der Waals surface area contributed by atoms with E-state index in [1.807, 2.05) is 12.1 Å². The highest BCUT2D eigenvalue weighted by molar-refractivity contribution is 5.78. The standard InChI is InChI=1S/C27H30N8O4.C2HF3O2/c1-32-24-23(25(37)35(27(32)38)14-21(36)30-19-10-16-4-2-3-5-17(16)11-19)34(15-22-29-7-9-39-22)26(31-24)33-8-6-18-12-28-13-20(18)33;3-2(4,5)1(6)7/h2-5,7,9,18-20,28H,6,8,10-15H2,1H3,(H,30,36);(H,6,7). The molecule has 0 bridgehead atoms. The zero-order valence-electron chi connectivity index (χ0n) is 24.7. The summed E-state index contributed by atoms with van der Waals surface area (Å²) >= 11 is 0. The molecule has 7 rings (SSSR count). The van der Waals surface area contributed by atoms with Crippen LogP contribution in [0.2, 0.25) is 0 Å². The Morgan fingerprint density at radius 2 is 1.83 bits per heavy atom. The molecule has 0 saturated carbocycles. The molecule has 14 nitrogen and oxygen atoms in total. The molecule has 3 aromatic heterocycles. The average molecular weight is 645 g/mol. The second kappa shape index (κ2) is 12.1. The molecule has 1 aliphatic carbocycles. The van der Waals surface area contributed by atoms with Gasteiger partial charge < -0.3 is 25.1 Å². The van der Waals surface area contributed by atoms with Crippen LogP contribution in [0.15, 0.2) is 50.7 Å². The van der Waals surface area contributed by atoms with Crippen LogP contribution in [0.1, 0.15) is 23.4 Å². The smallest absolute Gasteiger partial charge is 0.475 e. The highest BCUT2D eigenvalue weighted by atomic mass is 19.4. The Balaban J connectivity index is 0.000000480. The number of hydrogen-bond donors (Lipinski definition) is 3. The van der Waals surface area contributed by atoms with E-state index in [1.165, 1.54) is 22.0 Å². The summed E-state index contributed by atoms with van der Waals surface area (Å²) in [5.41, 5.74) is 1.82. The van der Waals surface area contributed by atoms with E-state index in [2.05, 4.69) is 32.7 Å². The van der Waals surface area contributed by atoms with Gasteiger partial charge in [0.05, 0.1) is 6.20 Å². The van der Waals surface area contributed by atoms with E-state index >= 15 is 0 Å². The summed E-state index contributed by atoms with van der Waals surface area (Å²) in [4.78, 5) is 60.5. The lowest BCUT2D eigenvalue weighted by Gasteiger charge is -2.25. The van der Waals surface area contributed by atoms with Crippen molar-refractivity contribution >= 4 is 29.0 Å². The van der Waals surface area contributed by atoms with Crippen LogP contribution in [0.4, 0.5) is 19.1 Å². The fourth-order valence-electron chi connectivity index (χ4n) is 6.51. The number of anilines is 1. The first-order valence-corrected chi connectivity index (χ1v) is 14.6. The lowest BCUT2D eigenvalue weighted by molar-refractivity contribution is -0.192. The fourth-order valence-corrected chi connectivity index (χ4v) is 6.51. The van der Waals surface area contributed by atoms with Gasteiger partial charge in [0.25, 0.3) is 5.56 Å². The number of imidazole rings is 1. The molecule has 2 aliphatic heterocycles. The maximum absolute atomic E-state index is 13.9. The molecule has 4 aromatic rings. The van der Waals surface area contributed by atoms with Gasteiger partial charge in [-0.15, -0.1) is 0 Å². The van der Waals surface area contributed by atoms with Gasteiger partial charge in [-0.1, -0.05) is 24.3 Å². The van der Waals surface area contributed by atoms with E-state index in [1.54, 1.807) is 17.8 Å². The van der Waals surface area contributed by atoms with Crippen LogP contribution in [-0.2, 0) is 42.6 Å². The minimum atomic E-state index is -5.08. The summed E-state index contributed by atoms with van der Waals surface area (Å²) in [5.74, 6) is -1.59. The quantitative estimate of drug-likeness (QED) is 0.271. The van der Waals surface area contributed by atoms with Crippen molar-refractivity contribution in [1.82, 2.24) is 34.3 Å². The number of aromatic nitrogens is 5. The number of carbonyl (C=O) groups is 2. The van der Waals surface area contributed by atoms with Crippen molar-refractivity contribution < 1.29 is 32.3 Å². The van der Waals surface area contributed by atoms with Crippen molar-refractivity contribution in [2.45, 2.75) is 50.6 Å². The number of benzene rings is 1. The third-order valence-electron chi connectivity index (χ3n) is 8.65. The molecule has 5 heterocycles. The number of aliphatic carboxylic acids is 1. The molecular formula is C29H31F3N8O6. The Morgan fingerprint density at radius 1 is 1.13 bits per heavy atom. The van der Waals surface area contributed by atoms with E-state index in [-0.39, 0.29) is 42.2 Å². The number of hydrogen-bond acceptors (Lipinski definition) is 9. The fraction of sp³-hybridized carbons (Fsp3) is 0.448. The van der Waals surface area contributed by atoms with Crippen LogP contribution >= 0.6 is 0 Å². The first kappa shape index (κ1) is 31.1. The van der Waals surface area contributed by atoms with Crippen LogP contribution in [-0.4, -0.2) is 78.5 Å². The third-order valence-corrected chi connectivity index (χ3v) is 8.65. The van der Waals surface area contributed by atoms with Gasteiger partial charge in [0.15, 0.2) is 11.2 Å². The van der Waals surface area contributed by atoms with Crippen LogP contribution in [0.3, 0.4) is 0 Å². The highest BCUT2D eigenvalue weighted by Gasteiger charge is 2.40. The van der Waals surface area contributed by atoms with Crippen molar-refractivity contribution in [3.8, 4) is 0 Å². The van der Waals surface area contributed by atoms with Crippen LogP contribution in [0, 0.1) is 5.92 Å². The Bertz CT molecular complexity index is 1870. The van der Waals surface area contributed by atoms with Crippen molar-refractivity contribution in [2.75, 3.05) is 24.5 Å². The largest absolute Gasteiger partial charge is 0.490 e. The Hall–Kier alpha value is -4.93. The average Bonchev–Trinajstić information content (AvgIpc) is 3.83. The number of oxazole rings is 1. The molecule has 0 spiro atoms. The zero-order valence-corrected chi connectivity index (χ0v) is 24.7. The number of alkyl halides is 3. The van der Waals surface area contributed by atoms with Crippen molar-refractivity contribution in [3.63, 3.8) is 0 Å². The molecule has 1 aromatic carbocycles. The molecule has 1 amide bonds. The lowest BCUT2D eigenvalue weighted by Crippen LogP contribution is -2.45. The van der Waals surface area contributed by atoms with E-state index in [0.717, 1.165) is 43.5 Å². The second-order valence-corrected chi connectivity index (χ2v) is 11.5. The van der Waals surface area contributed by atoms with Crippen LogP contribution < -0.4 is 26.8 Å². The molecule has 2 unspecified atom stereocenters. The summed E-state index contributed by atoms with van der Waals surface area (Å²) in [6.45, 7) is 2.40. The Kier molecular flexibility index (Phi) is 8.18. The number of aryl methyl sites for hydroxylation is 1. The molecule has 3 aliphatic rings. The van der Waals surface area contributed by atoms with Crippen LogP contribution in [0.5, 0.6) is 0 Å².